The number of carbonyl (C=O) groups excluding carboxylic acids is 2. The van der Waals surface area contributed by atoms with Crippen LogP contribution in [0.5, 0.6) is 0 Å². The highest BCUT2D eigenvalue weighted by atomic mass is 32.2. The molecule has 1 heterocycles. The molecule has 0 saturated heterocycles. The number of carbonyl (C=O) groups is 2. The summed E-state index contributed by atoms with van der Waals surface area (Å²) in [4.78, 5) is 33.2. The standard InChI is InChI=1S/C20H23N5O4S/c1-25(2)18(26)14-10-21-20(22-11-14)30(28,29)24-19(27)23-17-15-7-3-5-12(15)9-13-6-4-8-16(13)17/h9-11H,3-8H2,1-2H3,(H2,23,24,27). The van der Waals surface area contributed by atoms with Gasteiger partial charge in [0.1, 0.15) is 0 Å². The molecule has 0 atom stereocenters. The first-order valence-corrected chi connectivity index (χ1v) is 11.3. The molecule has 0 spiro atoms. The maximum atomic E-state index is 12.5. The largest absolute Gasteiger partial charge is 0.345 e. The number of sulfonamides is 1. The van der Waals surface area contributed by atoms with Gasteiger partial charge in [0, 0.05) is 32.2 Å². The Balaban J connectivity index is 1.53. The fourth-order valence-corrected chi connectivity index (χ4v) is 4.87. The molecule has 2 aliphatic carbocycles. The fraction of sp³-hybridized carbons (Fsp3) is 0.400. The maximum Gasteiger partial charge on any atom is 0.333 e. The number of urea groups is 1. The number of nitrogens with zero attached hydrogens (tertiary/aromatic N) is 3. The summed E-state index contributed by atoms with van der Waals surface area (Å²) in [6.07, 6.45) is 7.99. The third-order valence-corrected chi connectivity index (χ3v) is 6.61. The monoisotopic (exact) mass is 429 g/mol. The number of fused-ring (bicyclic) bond motifs is 2. The van der Waals surface area contributed by atoms with Crippen molar-refractivity contribution in [1.82, 2.24) is 19.6 Å². The molecule has 0 bridgehead atoms. The number of anilines is 1. The van der Waals surface area contributed by atoms with Gasteiger partial charge in [-0.15, -0.1) is 0 Å². The van der Waals surface area contributed by atoms with Crippen LogP contribution in [0.15, 0.2) is 23.6 Å². The summed E-state index contributed by atoms with van der Waals surface area (Å²) in [7, 11) is -1.15. The average Bonchev–Trinajstić information content (AvgIpc) is 3.36. The van der Waals surface area contributed by atoms with Gasteiger partial charge in [-0.3, -0.25) is 4.79 Å². The van der Waals surface area contributed by atoms with Crippen molar-refractivity contribution in [2.24, 2.45) is 0 Å². The number of aromatic nitrogens is 2. The number of benzene rings is 1. The predicted octanol–water partition coefficient (Wildman–Crippen LogP) is 1.67. The summed E-state index contributed by atoms with van der Waals surface area (Å²) < 4.78 is 27.0. The highest BCUT2D eigenvalue weighted by Gasteiger charge is 2.27. The molecule has 0 radical (unpaired) electrons. The van der Waals surface area contributed by atoms with Crippen LogP contribution in [0.2, 0.25) is 0 Å². The van der Waals surface area contributed by atoms with Crippen molar-refractivity contribution in [2.75, 3.05) is 19.4 Å². The molecule has 2 aliphatic rings. The molecule has 9 nitrogen and oxygen atoms in total. The zero-order valence-corrected chi connectivity index (χ0v) is 17.7. The first kappa shape index (κ1) is 20.3. The van der Waals surface area contributed by atoms with Crippen LogP contribution in [0.25, 0.3) is 0 Å². The van der Waals surface area contributed by atoms with Crippen LogP contribution in [0.4, 0.5) is 10.5 Å². The van der Waals surface area contributed by atoms with Crippen LogP contribution in [0.1, 0.15) is 45.5 Å². The van der Waals surface area contributed by atoms with E-state index < -0.39 is 21.2 Å². The molecule has 1 aromatic heterocycles. The molecule has 0 fully saturated rings. The van der Waals surface area contributed by atoms with Gasteiger partial charge in [-0.25, -0.2) is 19.5 Å². The average molecular weight is 430 g/mol. The number of rotatable bonds is 4. The Kier molecular flexibility index (Phi) is 5.19. The molecule has 4 rings (SSSR count). The Morgan fingerprint density at radius 3 is 2.07 bits per heavy atom. The fourth-order valence-electron chi connectivity index (χ4n) is 4.10. The molecule has 0 aliphatic heterocycles. The quantitative estimate of drug-likeness (QED) is 0.713. The van der Waals surface area contributed by atoms with Crippen molar-refractivity contribution in [1.29, 1.82) is 0 Å². The topological polar surface area (TPSA) is 121 Å². The second kappa shape index (κ2) is 7.67. The number of hydrogen-bond donors (Lipinski definition) is 2. The molecule has 0 saturated carbocycles. The van der Waals surface area contributed by atoms with Gasteiger partial charge in [0.25, 0.3) is 11.1 Å². The van der Waals surface area contributed by atoms with Gasteiger partial charge in [-0.2, -0.15) is 8.42 Å². The number of amides is 3. The van der Waals surface area contributed by atoms with Gasteiger partial charge in [0.05, 0.1) is 5.56 Å². The summed E-state index contributed by atoms with van der Waals surface area (Å²) in [6, 6.07) is 1.39. The summed E-state index contributed by atoms with van der Waals surface area (Å²) in [6.45, 7) is 0. The van der Waals surface area contributed by atoms with E-state index in [1.807, 2.05) is 4.72 Å². The predicted molar refractivity (Wildman–Crippen MR) is 110 cm³/mol. The summed E-state index contributed by atoms with van der Waals surface area (Å²) >= 11 is 0. The SMILES string of the molecule is CN(C)C(=O)c1cnc(S(=O)(=O)NC(=O)Nc2c3c(cc4c2CCC4)CCC3)nc1. The van der Waals surface area contributed by atoms with E-state index >= 15 is 0 Å². The highest BCUT2D eigenvalue weighted by Crippen LogP contribution is 2.38. The van der Waals surface area contributed by atoms with E-state index in [0.29, 0.717) is 0 Å². The highest BCUT2D eigenvalue weighted by molar-refractivity contribution is 7.89. The van der Waals surface area contributed by atoms with Gasteiger partial charge >= 0.3 is 16.1 Å². The number of hydrogen-bond acceptors (Lipinski definition) is 6. The molecule has 3 amide bonds. The van der Waals surface area contributed by atoms with E-state index in [1.54, 1.807) is 14.1 Å². The van der Waals surface area contributed by atoms with Crippen molar-refractivity contribution in [3.8, 4) is 0 Å². The van der Waals surface area contributed by atoms with Crippen LogP contribution in [-0.4, -0.2) is 49.3 Å². The number of nitrogens with one attached hydrogen (secondary N) is 2. The van der Waals surface area contributed by atoms with Crippen LogP contribution in [0, 0.1) is 0 Å². The van der Waals surface area contributed by atoms with Crippen LogP contribution < -0.4 is 10.0 Å². The molecule has 2 aromatic rings. The lowest BCUT2D eigenvalue weighted by atomic mass is 9.99. The van der Waals surface area contributed by atoms with Crippen molar-refractivity contribution in [3.63, 3.8) is 0 Å². The van der Waals surface area contributed by atoms with Crippen molar-refractivity contribution < 1.29 is 18.0 Å². The van der Waals surface area contributed by atoms with Crippen LogP contribution in [0.3, 0.4) is 0 Å². The Labute approximate surface area is 175 Å². The van der Waals surface area contributed by atoms with Crippen LogP contribution in [-0.2, 0) is 35.7 Å². The second-order valence-electron chi connectivity index (χ2n) is 7.75. The first-order valence-electron chi connectivity index (χ1n) is 9.80. The molecule has 2 N–H and O–H groups in total. The molecule has 0 unspecified atom stereocenters. The minimum Gasteiger partial charge on any atom is -0.345 e. The molecule has 158 valence electrons. The molecule has 10 heteroatoms. The summed E-state index contributed by atoms with van der Waals surface area (Å²) in [5.74, 6) is -0.351. The van der Waals surface area contributed by atoms with E-state index in [1.165, 1.54) is 16.0 Å². The third-order valence-electron chi connectivity index (χ3n) is 5.46. The molecular weight excluding hydrogens is 406 g/mol. The summed E-state index contributed by atoms with van der Waals surface area (Å²) in [5.41, 5.74) is 5.57. The Morgan fingerprint density at radius 1 is 0.967 bits per heavy atom. The molecule has 1 aromatic carbocycles. The van der Waals surface area contributed by atoms with E-state index in [2.05, 4.69) is 21.4 Å². The zero-order valence-electron chi connectivity index (χ0n) is 16.9. The summed E-state index contributed by atoms with van der Waals surface area (Å²) in [5, 5.41) is 2.19. The zero-order chi connectivity index (χ0) is 21.5. The first-order chi connectivity index (χ1) is 14.3. The van der Waals surface area contributed by atoms with Gasteiger partial charge in [0.15, 0.2) is 0 Å². The lowest BCUT2D eigenvalue weighted by molar-refractivity contribution is 0.0826. The number of aryl methyl sites for hydroxylation is 2. The Morgan fingerprint density at radius 2 is 1.53 bits per heavy atom. The lowest BCUT2D eigenvalue weighted by Gasteiger charge is -2.16. The van der Waals surface area contributed by atoms with Gasteiger partial charge < -0.3 is 10.2 Å². The minimum absolute atomic E-state index is 0.152. The van der Waals surface area contributed by atoms with E-state index in [-0.39, 0.29) is 11.5 Å². The van der Waals surface area contributed by atoms with E-state index in [9.17, 15) is 18.0 Å². The molecular formula is C20H23N5O4S. The Bertz CT molecular complexity index is 1090. The van der Waals surface area contributed by atoms with Crippen molar-refractivity contribution in [3.05, 3.63) is 46.3 Å². The molecule has 30 heavy (non-hydrogen) atoms. The van der Waals surface area contributed by atoms with E-state index in [4.69, 9.17) is 0 Å². The van der Waals surface area contributed by atoms with E-state index in [0.717, 1.165) is 67.7 Å². The van der Waals surface area contributed by atoms with Gasteiger partial charge in [-0.05, 0) is 60.8 Å². The van der Waals surface area contributed by atoms with Gasteiger partial charge in [0.2, 0.25) is 0 Å². The van der Waals surface area contributed by atoms with Crippen molar-refractivity contribution >= 4 is 27.6 Å². The minimum atomic E-state index is -4.28. The smallest absolute Gasteiger partial charge is 0.333 e. The second-order valence-corrected chi connectivity index (χ2v) is 9.32. The van der Waals surface area contributed by atoms with Crippen LogP contribution >= 0.6 is 0 Å². The maximum absolute atomic E-state index is 12.5. The van der Waals surface area contributed by atoms with Crippen molar-refractivity contribution in [2.45, 2.75) is 43.7 Å². The normalized spacial score (nSPS) is 14.7. The van der Waals surface area contributed by atoms with Gasteiger partial charge in [-0.1, -0.05) is 6.07 Å². The Hall–Kier alpha value is -3.01. The third kappa shape index (κ3) is 3.74. The lowest BCUT2D eigenvalue weighted by Crippen LogP contribution is -2.36.